The fourth-order valence-corrected chi connectivity index (χ4v) is 2.58. The quantitative estimate of drug-likeness (QED) is 0.629. The molecule has 0 bridgehead atoms. The Kier molecular flexibility index (Phi) is 5.97. The number of aliphatic carboxylic acids is 1. The van der Waals surface area contributed by atoms with Gasteiger partial charge in [-0.2, -0.15) is 0 Å². The molecule has 1 saturated heterocycles. The van der Waals surface area contributed by atoms with Gasteiger partial charge in [0.1, 0.15) is 0 Å². The number of nitrogens with zero attached hydrogens (tertiary/aromatic N) is 1. The first kappa shape index (κ1) is 18.7. The van der Waals surface area contributed by atoms with Gasteiger partial charge < -0.3 is 25.7 Å². The molecule has 1 aromatic carbocycles. The number of piperidine rings is 1. The fourth-order valence-electron chi connectivity index (χ4n) is 2.58. The molecule has 1 heterocycles. The predicted molar refractivity (Wildman–Crippen MR) is 91.0 cm³/mol. The summed E-state index contributed by atoms with van der Waals surface area (Å²) in [6.45, 7) is 1.54. The first-order valence-corrected chi connectivity index (χ1v) is 8.14. The SMILES string of the molecule is CC(O)(CNC(=O)C1CCCN(C(=O)Nc2ccccc2)C1)C(=O)O. The zero-order valence-electron chi connectivity index (χ0n) is 14.1. The Morgan fingerprint density at radius 3 is 2.60 bits per heavy atom. The number of carboxylic acids is 1. The number of hydrogen-bond acceptors (Lipinski definition) is 4. The van der Waals surface area contributed by atoms with Gasteiger partial charge in [0.2, 0.25) is 5.91 Å². The number of aliphatic hydroxyl groups is 1. The van der Waals surface area contributed by atoms with Crippen molar-refractivity contribution in [2.45, 2.75) is 25.4 Å². The van der Waals surface area contributed by atoms with Crippen molar-refractivity contribution in [2.75, 3.05) is 25.0 Å². The number of anilines is 1. The van der Waals surface area contributed by atoms with E-state index in [0.29, 0.717) is 25.1 Å². The molecule has 8 nitrogen and oxygen atoms in total. The van der Waals surface area contributed by atoms with Crippen molar-refractivity contribution >= 4 is 23.6 Å². The van der Waals surface area contributed by atoms with Crippen molar-refractivity contribution in [3.8, 4) is 0 Å². The molecule has 0 spiro atoms. The average Bonchev–Trinajstić information content (AvgIpc) is 2.60. The second-order valence-electron chi connectivity index (χ2n) is 6.38. The second kappa shape index (κ2) is 7.98. The van der Waals surface area contributed by atoms with Crippen LogP contribution in [-0.2, 0) is 9.59 Å². The van der Waals surface area contributed by atoms with Crippen LogP contribution < -0.4 is 10.6 Å². The van der Waals surface area contributed by atoms with Crippen molar-refractivity contribution in [3.05, 3.63) is 30.3 Å². The number of likely N-dealkylation sites (tertiary alicyclic amines) is 1. The first-order chi connectivity index (χ1) is 11.8. The molecule has 2 atom stereocenters. The maximum absolute atomic E-state index is 12.3. The van der Waals surface area contributed by atoms with E-state index in [4.69, 9.17) is 5.11 Å². The van der Waals surface area contributed by atoms with Crippen molar-refractivity contribution in [1.82, 2.24) is 10.2 Å². The molecule has 0 radical (unpaired) electrons. The smallest absolute Gasteiger partial charge is 0.337 e. The van der Waals surface area contributed by atoms with E-state index in [1.54, 1.807) is 17.0 Å². The van der Waals surface area contributed by atoms with Gasteiger partial charge in [-0.25, -0.2) is 9.59 Å². The van der Waals surface area contributed by atoms with Crippen LogP contribution in [0, 0.1) is 5.92 Å². The molecule has 1 aromatic rings. The van der Waals surface area contributed by atoms with Crippen molar-refractivity contribution in [1.29, 1.82) is 0 Å². The summed E-state index contributed by atoms with van der Waals surface area (Å²) in [5.41, 5.74) is -1.34. The number of rotatable bonds is 5. The summed E-state index contributed by atoms with van der Waals surface area (Å²) >= 11 is 0. The van der Waals surface area contributed by atoms with Crippen LogP contribution in [0.15, 0.2) is 30.3 Å². The van der Waals surface area contributed by atoms with Crippen LogP contribution in [0.3, 0.4) is 0 Å². The normalized spacial score (nSPS) is 19.6. The molecule has 136 valence electrons. The topological polar surface area (TPSA) is 119 Å². The van der Waals surface area contributed by atoms with Gasteiger partial charge in [-0.05, 0) is 31.9 Å². The molecule has 0 aromatic heterocycles. The minimum atomic E-state index is -2.02. The summed E-state index contributed by atoms with van der Waals surface area (Å²) in [4.78, 5) is 37.0. The van der Waals surface area contributed by atoms with Crippen LogP contribution in [-0.4, -0.2) is 58.3 Å². The number of para-hydroxylation sites is 1. The van der Waals surface area contributed by atoms with Crippen molar-refractivity contribution in [3.63, 3.8) is 0 Å². The number of carbonyl (C=O) groups excluding carboxylic acids is 2. The lowest BCUT2D eigenvalue weighted by molar-refractivity contribution is -0.156. The maximum atomic E-state index is 12.3. The number of carbonyl (C=O) groups is 3. The molecule has 2 unspecified atom stereocenters. The largest absolute Gasteiger partial charge is 0.479 e. The Labute approximate surface area is 145 Å². The highest BCUT2D eigenvalue weighted by atomic mass is 16.4. The van der Waals surface area contributed by atoms with Crippen LogP contribution in [0.2, 0.25) is 0 Å². The molecule has 0 aliphatic carbocycles. The zero-order valence-corrected chi connectivity index (χ0v) is 14.1. The van der Waals surface area contributed by atoms with Gasteiger partial charge >= 0.3 is 12.0 Å². The molecule has 1 aliphatic heterocycles. The van der Waals surface area contributed by atoms with E-state index in [9.17, 15) is 19.5 Å². The lowest BCUT2D eigenvalue weighted by atomic mass is 9.97. The molecule has 8 heteroatoms. The van der Waals surface area contributed by atoms with Crippen LogP contribution in [0.4, 0.5) is 10.5 Å². The van der Waals surface area contributed by atoms with Gasteiger partial charge in [-0.15, -0.1) is 0 Å². The van der Waals surface area contributed by atoms with E-state index in [0.717, 1.165) is 6.92 Å². The molecule has 25 heavy (non-hydrogen) atoms. The molecule has 1 aliphatic rings. The van der Waals surface area contributed by atoms with Crippen molar-refractivity contribution in [2.24, 2.45) is 5.92 Å². The van der Waals surface area contributed by atoms with E-state index in [1.807, 2.05) is 18.2 Å². The number of benzene rings is 1. The van der Waals surface area contributed by atoms with Gasteiger partial charge in [-0.1, -0.05) is 18.2 Å². The standard InChI is InChI=1S/C17H23N3O5/c1-17(25,15(22)23)11-18-14(21)12-6-5-9-20(10-12)16(24)19-13-7-3-2-4-8-13/h2-4,7-8,12,25H,5-6,9-11H2,1H3,(H,18,21)(H,19,24)(H,22,23). The summed E-state index contributed by atoms with van der Waals surface area (Å²) in [6.07, 6.45) is 1.28. The number of hydrogen-bond donors (Lipinski definition) is 4. The van der Waals surface area contributed by atoms with Crippen LogP contribution in [0.1, 0.15) is 19.8 Å². The highest BCUT2D eigenvalue weighted by Crippen LogP contribution is 2.18. The third kappa shape index (κ3) is 5.18. The van der Waals surface area contributed by atoms with Crippen LogP contribution >= 0.6 is 0 Å². The highest BCUT2D eigenvalue weighted by Gasteiger charge is 2.33. The Morgan fingerprint density at radius 1 is 1.28 bits per heavy atom. The highest BCUT2D eigenvalue weighted by molar-refractivity contribution is 5.90. The van der Waals surface area contributed by atoms with Gasteiger partial charge in [-0.3, -0.25) is 4.79 Å². The summed E-state index contributed by atoms with van der Waals surface area (Å²) in [5.74, 6) is -2.20. The predicted octanol–water partition coefficient (Wildman–Crippen LogP) is 0.882. The number of urea groups is 1. The van der Waals surface area contributed by atoms with E-state index >= 15 is 0 Å². The molecular weight excluding hydrogens is 326 g/mol. The Bertz CT molecular complexity index is 632. The van der Waals surface area contributed by atoms with E-state index < -0.39 is 17.5 Å². The molecule has 4 N–H and O–H groups in total. The number of nitrogens with one attached hydrogen (secondary N) is 2. The third-order valence-corrected chi connectivity index (χ3v) is 4.17. The van der Waals surface area contributed by atoms with E-state index in [2.05, 4.69) is 10.6 Å². The second-order valence-corrected chi connectivity index (χ2v) is 6.38. The number of amides is 3. The maximum Gasteiger partial charge on any atom is 0.337 e. The molecule has 2 rings (SSSR count). The van der Waals surface area contributed by atoms with Crippen molar-refractivity contribution < 1.29 is 24.6 Å². The first-order valence-electron chi connectivity index (χ1n) is 8.14. The summed E-state index contributed by atoms with van der Waals surface area (Å²) in [6, 6.07) is 8.76. The van der Waals surface area contributed by atoms with E-state index in [1.165, 1.54) is 0 Å². The summed E-state index contributed by atoms with van der Waals surface area (Å²) < 4.78 is 0. The molecule has 1 fully saturated rings. The zero-order chi connectivity index (χ0) is 18.4. The monoisotopic (exact) mass is 349 g/mol. The average molecular weight is 349 g/mol. The summed E-state index contributed by atoms with van der Waals surface area (Å²) in [7, 11) is 0. The Balaban J connectivity index is 1.88. The number of carboxylic acid groups (broad SMARTS) is 1. The molecular formula is C17H23N3O5. The van der Waals surface area contributed by atoms with Crippen LogP contribution in [0.25, 0.3) is 0 Å². The van der Waals surface area contributed by atoms with Gasteiger partial charge in [0.15, 0.2) is 5.60 Å². The van der Waals surface area contributed by atoms with E-state index in [-0.39, 0.29) is 25.0 Å². The third-order valence-electron chi connectivity index (χ3n) is 4.17. The van der Waals surface area contributed by atoms with Gasteiger partial charge in [0, 0.05) is 18.8 Å². The molecule has 3 amide bonds. The molecule has 0 saturated carbocycles. The van der Waals surface area contributed by atoms with Crippen LogP contribution in [0.5, 0.6) is 0 Å². The minimum Gasteiger partial charge on any atom is -0.479 e. The Morgan fingerprint density at radius 2 is 1.96 bits per heavy atom. The lowest BCUT2D eigenvalue weighted by Gasteiger charge is -2.32. The minimum absolute atomic E-state index is 0.250. The lowest BCUT2D eigenvalue weighted by Crippen LogP contribution is -2.51. The van der Waals surface area contributed by atoms with Gasteiger partial charge in [0.25, 0.3) is 0 Å². The van der Waals surface area contributed by atoms with Gasteiger partial charge in [0.05, 0.1) is 12.5 Å². The fraction of sp³-hybridized carbons (Fsp3) is 0.471. The summed E-state index contributed by atoms with van der Waals surface area (Å²) in [5, 5.41) is 23.7. The Hall–Kier alpha value is -2.61.